The third-order valence-corrected chi connectivity index (χ3v) is 1.98. The SMILES string of the molecule is CCOC(=O)NC(C(=N)N)c1ccccc1. The molecule has 0 saturated heterocycles. The first-order valence-electron chi connectivity index (χ1n) is 4.97. The number of rotatable bonds is 4. The standard InChI is InChI=1S/C11H15N3O2/c1-2-16-11(15)14-9(10(12)13)8-6-4-3-5-7-8/h3-7,9H,2H2,1H3,(H3,12,13)(H,14,15). The minimum absolute atomic E-state index is 0.126. The number of ether oxygens (including phenoxy) is 1. The summed E-state index contributed by atoms with van der Waals surface area (Å²) in [7, 11) is 0. The lowest BCUT2D eigenvalue weighted by molar-refractivity contribution is 0.150. The Kier molecular flexibility index (Phi) is 4.32. The molecule has 0 fully saturated rings. The van der Waals surface area contributed by atoms with Crippen molar-refractivity contribution in [2.45, 2.75) is 13.0 Å². The van der Waals surface area contributed by atoms with Gasteiger partial charge in [0.25, 0.3) is 0 Å². The molecule has 1 aromatic rings. The molecule has 1 atom stereocenters. The van der Waals surface area contributed by atoms with Crippen molar-refractivity contribution in [3.8, 4) is 0 Å². The predicted molar refractivity (Wildman–Crippen MR) is 61.3 cm³/mol. The van der Waals surface area contributed by atoms with E-state index in [4.69, 9.17) is 15.9 Å². The number of alkyl carbamates (subject to hydrolysis) is 1. The van der Waals surface area contributed by atoms with E-state index in [9.17, 15) is 4.79 Å². The van der Waals surface area contributed by atoms with Gasteiger partial charge in [-0.1, -0.05) is 30.3 Å². The number of amidine groups is 1. The Bertz CT molecular complexity index is 365. The molecule has 5 nitrogen and oxygen atoms in total. The van der Waals surface area contributed by atoms with Crippen LogP contribution in [0.3, 0.4) is 0 Å². The van der Waals surface area contributed by atoms with E-state index in [-0.39, 0.29) is 12.4 Å². The molecule has 0 saturated carbocycles. The largest absolute Gasteiger partial charge is 0.450 e. The van der Waals surface area contributed by atoms with E-state index in [1.807, 2.05) is 18.2 Å². The van der Waals surface area contributed by atoms with Crippen molar-refractivity contribution in [1.29, 1.82) is 5.41 Å². The minimum Gasteiger partial charge on any atom is -0.450 e. The maximum atomic E-state index is 11.2. The van der Waals surface area contributed by atoms with Crippen molar-refractivity contribution in [2.24, 2.45) is 5.73 Å². The molecule has 0 spiro atoms. The second-order valence-corrected chi connectivity index (χ2v) is 3.16. The monoisotopic (exact) mass is 221 g/mol. The number of nitrogens with two attached hydrogens (primary N) is 1. The smallest absolute Gasteiger partial charge is 0.407 e. The molecule has 1 aromatic carbocycles. The van der Waals surface area contributed by atoms with Gasteiger partial charge < -0.3 is 15.8 Å². The van der Waals surface area contributed by atoms with Gasteiger partial charge in [-0.2, -0.15) is 0 Å². The topological polar surface area (TPSA) is 88.2 Å². The normalized spacial score (nSPS) is 11.6. The van der Waals surface area contributed by atoms with Crippen LogP contribution in [0.4, 0.5) is 4.79 Å². The molecule has 0 aromatic heterocycles. The second-order valence-electron chi connectivity index (χ2n) is 3.16. The Hall–Kier alpha value is -2.04. The highest BCUT2D eigenvalue weighted by Gasteiger charge is 2.17. The maximum Gasteiger partial charge on any atom is 0.407 e. The molecule has 5 heteroatoms. The number of benzene rings is 1. The molecule has 0 aliphatic rings. The van der Waals surface area contributed by atoms with Gasteiger partial charge in [0, 0.05) is 0 Å². The summed E-state index contributed by atoms with van der Waals surface area (Å²) in [6, 6.07) is 8.43. The average Bonchev–Trinajstić information content (AvgIpc) is 2.27. The van der Waals surface area contributed by atoms with Crippen LogP contribution in [0.25, 0.3) is 0 Å². The molecule has 1 amide bonds. The highest BCUT2D eigenvalue weighted by molar-refractivity contribution is 5.87. The zero-order valence-corrected chi connectivity index (χ0v) is 9.07. The quantitative estimate of drug-likeness (QED) is 0.530. The molecule has 0 aliphatic heterocycles. The Morgan fingerprint density at radius 2 is 2.12 bits per heavy atom. The van der Waals surface area contributed by atoms with Crippen molar-refractivity contribution in [1.82, 2.24) is 5.32 Å². The lowest BCUT2D eigenvalue weighted by atomic mass is 10.1. The average molecular weight is 221 g/mol. The zero-order valence-electron chi connectivity index (χ0n) is 9.07. The first kappa shape index (κ1) is 12.0. The first-order valence-corrected chi connectivity index (χ1v) is 4.97. The summed E-state index contributed by atoms with van der Waals surface area (Å²) in [6.45, 7) is 2.00. The summed E-state index contributed by atoms with van der Waals surface area (Å²) in [6.07, 6.45) is -0.577. The van der Waals surface area contributed by atoms with E-state index < -0.39 is 12.1 Å². The lowest BCUT2D eigenvalue weighted by Gasteiger charge is -2.17. The number of amides is 1. The fraction of sp³-hybridized carbons (Fsp3) is 0.273. The minimum atomic E-state index is -0.639. The van der Waals surface area contributed by atoms with Crippen LogP contribution < -0.4 is 11.1 Å². The number of nitrogens with one attached hydrogen (secondary N) is 2. The molecule has 0 heterocycles. The predicted octanol–water partition coefficient (Wildman–Crippen LogP) is 1.41. The number of carbonyl (C=O) groups is 1. The fourth-order valence-electron chi connectivity index (χ4n) is 1.28. The second kappa shape index (κ2) is 5.75. The molecule has 16 heavy (non-hydrogen) atoms. The van der Waals surface area contributed by atoms with Gasteiger partial charge in [-0.05, 0) is 12.5 Å². The van der Waals surface area contributed by atoms with Crippen LogP contribution >= 0.6 is 0 Å². The van der Waals surface area contributed by atoms with Gasteiger partial charge in [0.1, 0.15) is 11.9 Å². The third kappa shape index (κ3) is 3.27. The summed E-state index contributed by atoms with van der Waals surface area (Å²) in [5.74, 6) is -0.126. The molecule has 0 aliphatic carbocycles. The van der Waals surface area contributed by atoms with E-state index in [0.29, 0.717) is 0 Å². The first-order chi connectivity index (χ1) is 7.65. The Morgan fingerprint density at radius 3 is 2.62 bits per heavy atom. The molecule has 0 radical (unpaired) electrons. The van der Waals surface area contributed by atoms with Crippen LogP contribution in [-0.4, -0.2) is 18.5 Å². The van der Waals surface area contributed by atoms with Crippen LogP contribution in [-0.2, 0) is 4.74 Å². The van der Waals surface area contributed by atoms with Gasteiger partial charge in [0.05, 0.1) is 6.61 Å². The van der Waals surface area contributed by atoms with E-state index in [0.717, 1.165) is 5.56 Å². The Balaban J connectivity index is 2.77. The molecular weight excluding hydrogens is 206 g/mol. The summed E-state index contributed by atoms with van der Waals surface area (Å²) in [5, 5.41) is 9.95. The van der Waals surface area contributed by atoms with Crippen molar-refractivity contribution >= 4 is 11.9 Å². The number of hydrogen-bond donors (Lipinski definition) is 3. The van der Waals surface area contributed by atoms with Gasteiger partial charge in [0.2, 0.25) is 0 Å². The molecular formula is C11H15N3O2. The van der Waals surface area contributed by atoms with Gasteiger partial charge in [-0.3, -0.25) is 5.41 Å². The Morgan fingerprint density at radius 1 is 1.50 bits per heavy atom. The molecule has 86 valence electrons. The summed E-state index contributed by atoms with van der Waals surface area (Å²) < 4.78 is 4.74. The van der Waals surface area contributed by atoms with Crippen molar-refractivity contribution in [3.05, 3.63) is 35.9 Å². The molecule has 4 N–H and O–H groups in total. The van der Waals surface area contributed by atoms with Crippen molar-refractivity contribution < 1.29 is 9.53 Å². The highest BCUT2D eigenvalue weighted by atomic mass is 16.5. The fourth-order valence-corrected chi connectivity index (χ4v) is 1.28. The summed E-state index contributed by atoms with van der Waals surface area (Å²) in [4.78, 5) is 11.2. The highest BCUT2D eigenvalue weighted by Crippen LogP contribution is 2.11. The van der Waals surface area contributed by atoms with E-state index in [1.54, 1.807) is 19.1 Å². The van der Waals surface area contributed by atoms with Crippen LogP contribution in [0.15, 0.2) is 30.3 Å². The van der Waals surface area contributed by atoms with E-state index >= 15 is 0 Å². The third-order valence-electron chi connectivity index (χ3n) is 1.98. The van der Waals surface area contributed by atoms with Gasteiger partial charge in [-0.25, -0.2) is 4.79 Å². The Labute approximate surface area is 94.1 Å². The van der Waals surface area contributed by atoms with Gasteiger partial charge >= 0.3 is 6.09 Å². The van der Waals surface area contributed by atoms with Gasteiger partial charge in [0.15, 0.2) is 0 Å². The zero-order chi connectivity index (χ0) is 12.0. The van der Waals surface area contributed by atoms with Crippen LogP contribution in [0.2, 0.25) is 0 Å². The van der Waals surface area contributed by atoms with Crippen LogP contribution in [0, 0.1) is 5.41 Å². The summed E-state index contributed by atoms with van der Waals surface area (Å²) in [5.41, 5.74) is 6.18. The number of hydrogen-bond acceptors (Lipinski definition) is 3. The summed E-state index contributed by atoms with van der Waals surface area (Å²) >= 11 is 0. The molecule has 1 unspecified atom stereocenters. The molecule has 1 rings (SSSR count). The molecule has 0 bridgehead atoms. The number of carbonyl (C=O) groups excluding carboxylic acids is 1. The van der Waals surface area contributed by atoms with Crippen LogP contribution in [0.5, 0.6) is 0 Å². The van der Waals surface area contributed by atoms with Crippen LogP contribution in [0.1, 0.15) is 18.5 Å². The van der Waals surface area contributed by atoms with E-state index in [2.05, 4.69) is 5.32 Å². The maximum absolute atomic E-state index is 11.2. The van der Waals surface area contributed by atoms with Crippen molar-refractivity contribution in [2.75, 3.05) is 6.61 Å². The van der Waals surface area contributed by atoms with Crippen molar-refractivity contribution in [3.63, 3.8) is 0 Å². The lowest BCUT2D eigenvalue weighted by Crippen LogP contribution is -2.37. The van der Waals surface area contributed by atoms with Gasteiger partial charge in [-0.15, -0.1) is 0 Å². The van der Waals surface area contributed by atoms with E-state index in [1.165, 1.54) is 0 Å².